The van der Waals surface area contributed by atoms with Gasteiger partial charge in [0.15, 0.2) is 0 Å². The second kappa shape index (κ2) is 5.05. The molecule has 0 aromatic heterocycles. The van der Waals surface area contributed by atoms with Crippen molar-refractivity contribution in [1.82, 2.24) is 10.2 Å². The van der Waals surface area contributed by atoms with Gasteiger partial charge in [0.05, 0.1) is 0 Å². The average molecular weight is 224 g/mol. The molecule has 2 rings (SSSR count). The summed E-state index contributed by atoms with van der Waals surface area (Å²) in [6.45, 7) is 9.43. The van der Waals surface area contributed by atoms with Crippen molar-refractivity contribution in [1.29, 1.82) is 0 Å². The number of hydrogen-bond donors (Lipinski definition) is 1. The van der Waals surface area contributed by atoms with Crippen LogP contribution in [0.1, 0.15) is 59.3 Å². The molecule has 1 unspecified atom stereocenters. The van der Waals surface area contributed by atoms with Gasteiger partial charge in [0.1, 0.15) is 0 Å². The normalized spacial score (nSPS) is 32.1. The van der Waals surface area contributed by atoms with Gasteiger partial charge >= 0.3 is 0 Å². The van der Waals surface area contributed by atoms with Crippen LogP contribution in [0.25, 0.3) is 0 Å². The van der Waals surface area contributed by atoms with E-state index in [0.717, 1.165) is 12.1 Å². The summed E-state index contributed by atoms with van der Waals surface area (Å²) in [5.41, 5.74) is 0.312. The van der Waals surface area contributed by atoms with Gasteiger partial charge in [0, 0.05) is 30.7 Å². The molecule has 0 radical (unpaired) electrons. The maximum atomic E-state index is 3.71. The van der Waals surface area contributed by atoms with Crippen LogP contribution < -0.4 is 5.32 Å². The lowest BCUT2D eigenvalue weighted by Crippen LogP contribution is -2.63. The third-order valence-electron chi connectivity index (χ3n) is 4.28. The van der Waals surface area contributed by atoms with E-state index in [-0.39, 0.29) is 0 Å². The third-order valence-corrected chi connectivity index (χ3v) is 4.28. The SMILES string of the molecule is CCCC1CNC(C)(C)CN1C1CCCC1. The average Bonchev–Trinajstić information content (AvgIpc) is 2.74. The van der Waals surface area contributed by atoms with E-state index in [1.165, 1.54) is 51.6 Å². The molecule has 16 heavy (non-hydrogen) atoms. The van der Waals surface area contributed by atoms with Crippen LogP contribution >= 0.6 is 0 Å². The maximum absolute atomic E-state index is 3.71. The number of piperazine rings is 1. The van der Waals surface area contributed by atoms with Gasteiger partial charge in [-0.15, -0.1) is 0 Å². The first-order valence-corrected chi connectivity index (χ1v) is 7.13. The van der Waals surface area contributed by atoms with Gasteiger partial charge in [0.2, 0.25) is 0 Å². The fourth-order valence-corrected chi connectivity index (χ4v) is 3.42. The predicted octanol–water partition coefficient (Wildman–Crippen LogP) is 2.78. The van der Waals surface area contributed by atoms with Crippen LogP contribution in [0.2, 0.25) is 0 Å². The summed E-state index contributed by atoms with van der Waals surface area (Å²) in [4.78, 5) is 2.83. The molecule has 2 nitrogen and oxygen atoms in total. The lowest BCUT2D eigenvalue weighted by molar-refractivity contribution is 0.0514. The van der Waals surface area contributed by atoms with Crippen molar-refractivity contribution in [2.24, 2.45) is 0 Å². The fraction of sp³-hybridized carbons (Fsp3) is 1.00. The highest BCUT2D eigenvalue weighted by Gasteiger charge is 2.36. The van der Waals surface area contributed by atoms with Crippen molar-refractivity contribution in [3.63, 3.8) is 0 Å². The molecule has 1 aliphatic heterocycles. The zero-order valence-electron chi connectivity index (χ0n) is 11.3. The van der Waals surface area contributed by atoms with Crippen molar-refractivity contribution < 1.29 is 0 Å². The Balaban J connectivity index is 2.01. The Hall–Kier alpha value is -0.0800. The summed E-state index contributed by atoms with van der Waals surface area (Å²) in [5.74, 6) is 0. The second-order valence-corrected chi connectivity index (χ2v) is 6.32. The van der Waals surface area contributed by atoms with Crippen LogP contribution in [-0.2, 0) is 0 Å². The van der Waals surface area contributed by atoms with E-state index >= 15 is 0 Å². The molecular weight excluding hydrogens is 196 g/mol. The molecule has 0 aromatic carbocycles. The monoisotopic (exact) mass is 224 g/mol. The molecule has 2 aliphatic rings. The minimum absolute atomic E-state index is 0.312. The Bertz CT molecular complexity index is 219. The molecule has 94 valence electrons. The molecule has 1 heterocycles. The van der Waals surface area contributed by atoms with Gasteiger partial charge in [0.25, 0.3) is 0 Å². The molecule has 0 bridgehead atoms. The summed E-state index contributed by atoms with van der Waals surface area (Å²) >= 11 is 0. The van der Waals surface area contributed by atoms with E-state index < -0.39 is 0 Å². The Labute approximate surface area is 101 Å². The van der Waals surface area contributed by atoms with E-state index in [9.17, 15) is 0 Å². The fourth-order valence-electron chi connectivity index (χ4n) is 3.42. The maximum Gasteiger partial charge on any atom is 0.0253 e. The zero-order valence-corrected chi connectivity index (χ0v) is 11.3. The lowest BCUT2D eigenvalue weighted by Gasteiger charge is -2.47. The highest BCUT2D eigenvalue weighted by atomic mass is 15.3. The smallest absolute Gasteiger partial charge is 0.0253 e. The van der Waals surface area contributed by atoms with Crippen molar-refractivity contribution in [3.8, 4) is 0 Å². The van der Waals surface area contributed by atoms with Crippen molar-refractivity contribution in [2.75, 3.05) is 13.1 Å². The van der Waals surface area contributed by atoms with E-state index in [1.54, 1.807) is 0 Å². The number of nitrogens with zero attached hydrogens (tertiary/aromatic N) is 1. The van der Waals surface area contributed by atoms with Crippen LogP contribution in [0.5, 0.6) is 0 Å². The van der Waals surface area contributed by atoms with Gasteiger partial charge in [-0.05, 0) is 33.1 Å². The zero-order chi connectivity index (χ0) is 11.6. The van der Waals surface area contributed by atoms with Gasteiger partial charge < -0.3 is 5.32 Å². The Morgan fingerprint density at radius 3 is 2.56 bits per heavy atom. The molecule has 1 atom stereocenters. The first-order chi connectivity index (χ1) is 7.62. The second-order valence-electron chi connectivity index (χ2n) is 6.32. The molecule has 1 saturated heterocycles. The highest BCUT2D eigenvalue weighted by Crippen LogP contribution is 2.29. The summed E-state index contributed by atoms with van der Waals surface area (Å²) < 4.78 is 0. The van der Waals surface area contributed by atoms with Gasteiger partial charge in [-0.25, -0.2) is 0 Å². The molecule has 0 amide bonds. The molecule has 1 saturated carbocycles. The standard InChI is InChI=1S/C14H28N2/c1-4-7-13-10-15-14(2,3)11-16(13)12-8-5-6-9-12/h12-13,15H,4-11H2,1-3H3. The Kier molecular flexibility index (Phi) is 3.91. The van der Waals surface area contributed by atoms with E-state index in [1.807, 2.05) is 0 Å². The highest BCUT2D eigenvalue weighted by molar-refractivity contribution is 4.95. The number of hydrogen-bond acceptors (Lipinski definition) is 2. The number of nitrogens with one attached hydrogen (secondary N) is 1. The lowest BCUT2D eigenvalue weighted by atomic mass is 9.94. The van der Waals surface area contributed by atoms with Crippen molar-refractivity contribution in [3.05, 3.63) is 0 Å². The first-order valence-electron chi connectivity index (χ1n) is 7.13. The molecule has 0 aromatic rings. The molecule has 1 aliphatic carbocycles. The summed E-state index contributed by atoms with van der Waals surface area (Å²) in [7, 11) is 0. The van der Waals surface area contributed by atoms with Crippen molar-refractivity contribution >= 4 is 0 Å². The molecule has 2 heteroatoms. The van der Waals surface area contributed by atoms with Gasteiger partial charge in [-0.2, -0.15) is 0 Å². The van der Waals surface area contributed by atoms with Crippen LogP contribution in [0.4, 0.5) is 0 Å². The minimum Gasteiger partial charge on any atom is -0.309 e. The largest absolute Gasteiger partial charge is 0.309 e. The van der Waals surface area contributed by atoms with E-state index in [0.29, 0.717) is 5.54 Å². The van der Waals surface area contributed by atoms with Crippen LogP contribution in [0, 0.1) is 0 Å². The number of rotatable bonds is 3. The third kappa shape index (κ3) is 2.78. The van der Waals surface area contributed by atoms with Gasteiger partial charge in [-0.1, -0.05) is 26.2 Å². The van der Waals surface area contributed by atoms with E-state index in [4.69, 9.17) is 0 Å². The molecular formula is C14H28N2. The summed E-state index contributed by atoms with van der Waals surface area (Å²) in [6, 6.07) is 1.68. The van der Waals surface area contributed by atoms with Crippen LogP contribution in [0.3, 0.4) is 0 Å². The molecule has 2 fully saturated rings. The topological polar surface area (TPSA) is 15.3 Å². The van der Waals surface area contributed by atoms with Crippen LogP contribution in [-0.4, -0.2) is 35.6 Å². The van der Waals surface area contributed by atoms with Crippen molar-refractivity contribution in [2.45, 2.75) is 76.9 Å². The minimum atomic E-state index is 0.312. The molecule has 0 spiro atoms. The van der Waals surface area contributed by atoms with Gasteiger partial charge in [-0.3, -0.25) is 4.90 Å². The molecule has 1 N–H and O–H groups in total. The summed E-state index contributed by atoms with van der Waals surface area (Å²) in [5, 5.41) is 3.71. The first kappa shape index (κ1) is 12.4. The summed E-state index contributed by atoms with van der Waals surface area (Å²) in [6.07, 6.45) is 8.46. The van der Waals surface area contributed by atoms with E-state index in [2.05, 4.69) is 31.0 Å². The predicted molar refractivity (Wildman–Crippen MR) is 69.7 cm³/mol. The van der Waals surface area contributed by atoms with Crippen LogP contribution in [0.15, 0.2) is 0 Å². The Morgan fingerprint density at radius 2 is 1.94 bits per heavy atom. The quantitative estimate of drug-likeness (QED) is 0.793. The Morgan fingerprint density at radius 1 is 1.25 bits per heavy atom.